The molecule has 0 spiro atoms. The van der Waals surface area contributed by atoms with Crippen molar-refractivity contribution < 1.29 is 9.90 Å². The van der Waals surface area contributed by atoms with E-state index in [1.807, 2.05) is 49.4 Å². The van der Waals surface area contributed by atoms with Crippen LogP contribution in [0.25, 0.3) is 6.08 Å². The molecule has 1 aromatic heterocycles. The van der Waals surface area contributed by atoms with Gasteiger partial charge in [0.25, 0.3) is 0 Å². The first-order chi connectivity index (χ1) is 9.15. The van der Waals surface area contributed by atoms with Crippen molar-refractivity contribution in [3.63, 3.8) is 0 Å². The van der Waals surface area contributed by atoms with Gasteiger partial charge in [0.2, 0.25) is 0 Å². The molecule has 19 heavy (non-hydrogen) atoms. The summed E-state index contributed by atoms with van der Waals surface area (Å²) in [6.07, 6.45) is 3.76. The third-order valence-electron chi connectivity index (χ3n) is 2.79. The zero-order valence-corrected chi connectivity index (χ0v) is 10.7. The number of carboxylic acids is 1. The predicted octanol–water partition coefficient (Wildman–Crippen LogP) is 3.10. The van der Waals surface area contributed by atoms with Crippen molar-refractivity contribution >= 4 is 12.0 Å². The summed E-state index contributed by atoms with van der Waals surface area (Å²) in [5.41, 5.74) is 3.06. The molecule has 0 aliphatic carbocycles. The summed E-state index contributed by atoms with van der Waals surface area (Å²) in [4.78, 5) is 15.4. The molecule has 0 aliphatic rings. The van der Waals surface area contributed by atoms with Gasteiger partial charge in [0.15, 0.2) is 0 Å². The van der Waals surface area contributed by atoms with Gasteiger partial charge < -0.3 is 5.11 Å². The lowest BCUT2D eigenvalue weighted by Gasteiger charge is -2.03. The van der Waals surface area contributed by atoms with E-state index in [9.17, 15) is 9.90 Å². The first-order valence-corrected chi connectivity index (χ1v) is 6.05. The van der Waals surface area contributed by atoms with Crippen molar-refractivity contribution in [3.05, 3.63) is 71.1 Å². The lowest BCUT2D eigenvalue weighted by molar-refractivity contribution is -0.132. The first-order valence-electron chi connectivity index (χ1n) is 6.05. The molecule has 0 atom stereocenters. The van der Waals surface area contributed by atoms with E-state index in [1.165, 1.54) is 0 Å². The average Bonchev–Trinajstić information content (AvgIpc) is 2.41. The summed E-state index contributed by atoms with van der Waals surface area (Å²) < 4.78 is 0. The van der Waals surface area contributed by atoms with E-state index in [1.54, 1.807) is 12.3 Å². The van der Waals surface area contributed by atoms with Crippen LogP contribution < -0.4 is 0 Å². The number of rotatable bonds is 4. The second-order valence-electron chi connectivity index (χ2n) is 4.37. The van der Waals surface area contributed by atoms with Gasteiger partial charge in [0.05, 0.1) is 0 Å². The van der Waals surface area contributed by atoms with Gasteiger partial charge >= 0.3 is 5.97 Å². The number of carboxylic acid groups (broad SMARTS) is 1. The van der Waals surface area contributed by atoms with Gasteiger partial charge in [-0.1, -0.05) is 36.4 Å². The molecule has 3 nitrogen and oxygen atoms in total. The summed E-state index contributed by atoms with van der Waals surface area (Å²) in [5, 5.41) is 9.26. The molecule has 2 rings (SSSR count). The van der Waals surface area contributed by atoms with Crippen LogP contribution in [0.1, 0.15) is 16.8 Å². The normalized spacial score (nSPS) is 11.3. The quantitative estimate of drug-likeness (QED) is 0.852. The number of pyridine rings is 1. The maximum absolute atomic E-state index is 11.3. The van der Waals surface area contributed by atoms with Crippen LogP contribution in [0.3, 0.4) is 0 Å². The van der Waals surface area contributed by atoms with Crippen LogP contribution in [0.2, 0.25) is 0 Å². The number of aromatic nitrogens is 1. The molecule has 1 N–H and O–H groups in total. The largest absolute Gasteiger partial charge is 0.478 e. The summed E-state index contributed by atoms with van der Waals surface area (Å²) in [5.74, 6) is -0.899. The SMILES string of the molecule is Cc1ccc(/C=C(\Cc2ccccc2)C(=O)O)cn1. The predicted molar refractivity (Wildman–Crippen MR) is 74.7 cm³/mol. The Morgan fingerprint density at radius 3 is 2.53 bits per heavy atom. The highest BCUT2D eigenvalue weighted by atomic mass is 16.4. The number of carbonyl (C=O) groups is 1. The highest BCUT2D eigenvalue weighted by molar-refractivity contribution is 5.92. The Morgan fingerprint density at radius 1 is 1.21 bits per heavy atom. The molecule has 2 aromatic rings. The molecule has 0 bridgehead atoms. The molecule has 0 saturated carbocycles. The summed E-state index contributed by atoms with van der Waals surface area (Å²) in [6, 6.07) is 13.3. The maximum Gasteiger partial charge on any atom is 0.331 e. The molecular formula is C16H15NO2. The summed E-state index contributed by atoms with van der Waals surface area (Å²) in [7, 11) is 0. The lowest BCUT2D eigenvalue weighted by atomic mass is 10.0. The van der Waals surface area contributed by atoms with Crippen LogP contribution in [-0.2, 0) is 11.2 Å². The van der Waals surface area contributed by atoms with Crippen LogP contribution in [0.15, 0.2) is 54.2 Å². The molecule has 0 saturated heterocycles. The van der Waals surface area contributed by atoms with Crippen molar-refractivity contribution in [1.82, 2.24) is 4.98 Å². The van der Waals surface area contributed by atoms with Crippen LogP contribution >= 0.6 is 0 Å². The van der Waals surface area contributed by atoms with Gasteiger partial charge in [-0.05, 0) is 30.2 Å². The van der Waals surface area contributed by atoms with Crippen LogP contribution in [0.4, 0.5) is 0 Å². The maximum atomic E-state index is 11.3. The van der Waals surface area contributed by atoms with Gasteiger partial charge in [0.1, 0.15) is 0 Å². The molecule has 0 radical (unpaired) electrons. The van der Waals surface area contributed by atoms with Gasteiger partial charge in [-0.3, -0.25) is 4.98 Å². The molecular weight excluding hydrogens is 238 g/mol. The number of hydrogen-bond acceptors (Lipinski definition) is 2. The molecule has 0 amide bonds. The van der Waals surface area contributed by atoms with Crippen LogP contribution in [0.5, 0.6) is 0 Å². The highest BCUT2D eigenvalue weighted by Gasteiger charge is 2.08. The molecule has 96 valence electrons. The first kappa shape index (κ1) is 13.0. The van der Waals surface area contributed by atoms with E-state index in [4.69, 9.17) is 0 Å². The Bertz CT molecular complexity index is 586. The third-order valence-corrected chi connectivity index (χ3v) is 2.79. The fourth-order valence-electron chi connectivity index (χ4n) is 1.77. The van der Waals surface area contributed by atoms with E-state index in [-0.39, 0.29) is 0 Å². The number of aryl methyl sites for hydroxylation is 1. The second-order valence-corrected chi connectivity index (χ2v) is 4.37. The second kappa shape index (κ2) is 5.96. The van der Waals surface area contributed by atoms with Gasteiger partial charge in [-0.15, -0.1) is 0 Å². The summed E-state index contributed by atoms with van der Waals surface area (Å²) >= 11 is 0. The van der Waals surface area contributed by atoms with Crippen molar-refractivity contribution in [2.45, 2.75) is 13.3 Å². The van der Waals surface area contributed by atoms with Crippen molar-refractivity contribution in [2.24, 2.45) is 0 Å². The minimum absolute atomic E-state index is 0.358. The third kappa shape index (κ3) is 3.78. The zero-order chi connectivity index (χ0) is 13.7. The molecule has 0 aliphatic heterocycles. The lowest BCUT2D eigenvalue weighted by Crippen LogP contribution is -2.03. The smallest absolute Gasteiger partial charge is 0.331 e. The van der Waals surface area contributed by atoms with E-state index >= 15 is 0 Å². The standard InChI is InChI=1S/C16H15NO2/c1-12-7-8-14(11-17-12)10-15(16(18)19)9-13-5-3-2-4-6-13/h2-8,10-11H,9H2,1H3,(H,18,19)/b15-10+. The Hall–Kier alpha value is -2.42. The van der Waals surface area contributed by atoms with E-state index in [0.29, 0.717) is 12.0 Å². The minimum atomic E-state index is -0.899. The number of benzene rings is 1. The monoisotopic (exact) mass is 253 g/mol. The minimum Gasteiger partial charge on any atom is -0.478 e. The van der Waals surface area contributed by atoms with Crippen molar-refractivity contribution in [1.29, 1.82) is 0 Å². The molecule has 3 heteroatoms. The number of aliphatic carboxylic acids is 1. The molecule has 1 heterocycles. The fourth-order valence-corrected chi connectivity index (χ4v) is 1.77. The van der Waals surface area contributed by atoms with E-state index < -0.39 is 5.97 Å². The Balaban J connectivity index is 2.25. The van der Waals surface area contributed by atoms with Gasteiger partial charge in [0, 0.05) is 23.9 Å². The van der Waals surface area contributed by atoms with Crippen molar-refractivity contribution in [3.8, 4) is 0 Å². The Kier molecular flexibility index (Phi) is 4.08. The highest BCUT2D eigenvalue weighted by Crippen LogP contribution is 2.12. The van der Waals surface area contributed by atoms with Crippen LogP contribution in [-0.4, -0.2) is 16.1 Å². The topological polar surface area (TPSA) is 50.2 Å². The van der Waals surface area contributed by atoms with Crippen LogP contribution in [0, 0.1) is 6.92 Å². The number of nitrogens with zero attached hydrogens (tertiary/aromatic N) is 1. The van der Waals surface area contributed by atoms with Gasteiger partial charge in [-0.25, -0.2) is 4.79 Å². The number of hydrogen-bond donors (Lipinski definition) is 1. The Labute approximate surface area is 112 Å². The fraction of sp³-hybridized carbons (Fsp3) is 0.125. The Morgan fingerprint density at radius 2 is 1.95 bits per heavy atom. The molecule has 0 unspecified atom stereocenters. The van der Waals surface area contributed by atoms with Crippen molar-refractivity contribution in [2.75, 3.05) is 0 Å². The molecule has 0 fully saturated rings. The summed E-state index contributed by atoms with van der Waals surface area (Å²) in [6.45, 7) is 1.90. The average molecular weight is 253 g/mol. The zero-order valence-electron chi connectivity index (χ0n) is 10.7. The van der Waals surface area contributed by atoms with E-state index in [2.05, 4.69) is 4.98 Å². The van der Waals surface area contributed by atoms with Gasteiger partial charge in [-0.2, -0.15) is 0 Å². The van der Waals surface area contributed by atoms with E-state index in [0.717, 1.165) is 16.8 Å². The molecule has 1 aromatic carbocycles.